The van der Waals surface area contributed by atoms with Gasteiger partial charge in [-0.1, -0.05) is 19.9 Å². The maximum absolute atomic E-state index is 4.62. The van der Waals surface area contributed by atoms with Crippen molar-refractivity contribution in [2.45, 2.75) is 45.1 Å². The van der Waals surface area contributed by atoms with Gasteiger partial charge >= 0.3 is 0 Å². The van der Waals surface area contributed by atoms with Crippen molar-refractivity contribution in [1.82, 2.24) is 10.3 Å². The molecule has 1 aliphatic carbocycles. The van der Waals surface area contributed by atoms with Gasteiger partial charge in [0.15, 0.2) is 0 Å². The monoisotopic (exact) mass is 264 g/mol. The second-order valence-electron chi connectivity index (χ2n) is 4.93. The minimum absolute atomic E-state index is 0.586. The van der Waals surface area contributed by atoms with Crippen molar-refractivity contribution in [1.29, 1.82) is 0 Å². The molecule has 100 valence electrons. The lowest BCUT2D eigenvalue weighted by Gasteiger charge is -2.24. The summed E-state index contributed by atoms with van der Waals surface area (Å²) in [6.45, 7) is 5.50. The maximum atomic E-state index is 4.62. The van der Waals surface area contributed by atoms with Gasteiger partial charge < -0.3 is 5.32 Å². The molecule has 1 aromatic rings. The van der Waals surface area contributed by atoms with Crippen LogP contribution in [0.4, 0.5) is 0 Å². The topological polar surface area (TPSA) is 24.9 Å². The summed E-state index contributed by atoms with van der Waals surface area (Å²) in [4.78, 5) is 4.62. The lowest BCUT2D eigenvalue weighted by atomic mass is 9.98. The Morgan fingerprint density at radius 3 is 3.17 bits per heavy atom. The zero-order valence-electron chi connectivity index (χ0n) is 11.5. The molecule has 0 bridgehead atoms. The van der Waals surface area contributed by atoms with E-state index in [1.165, 1.54) is 42.0 Å². The van der Waals surface area contributed by atoms with Crippen LogP contribution in [0.25, 0.3) is 0 Å². The number of aryl methyl sites for hydroxylation is 1. The molecule has 2 nitrogen and oxygen atoms in total. The number of aromatic nitrogens is 1. The first-order chi connectivity index (χ1) is 8.86. The fourth-order valence-corrected chi connectivity index (χ4v) is 3.83. The molecule has 0 radical (unpaired) electrons. The first-order valence-corrected chi connectivity index (χ1v) is 8.27. The highest BCUT2D eigenvalue weighted by molar-refractivity contribution is 7.99. The predicted molar refractivity (Wildman–Crippen MR) is 80.4 cm³/mol. The molecule has 0 spiro atoms. The average molecular weight is 264 g/mol. The molecule has 0 saturated heterocycles. The summed E-state index contributed by atoms with van der Waals surface area (Å²) >= 11 is 2.07. The summed E-state index contributed by atoms with van der Waals surface area (Å²) in [7, 11) is 0. The highest BCUT2D eigenvalue weighted by Crippen LogP contribution is 2.34. The molecular formula is C15H24N2S. The third-order valence-corrected chi connectivity index (χ3v) is 4.89. The van der Waals surface area contributed by atoms with Crippen molar-refractivity contribution < 1.29 is 0 Å². The Bertz CT molecular complexity index is 367. The summed E-state index contributed by atoms with van der Waals surface area (Å²) in [6, 6.07) is 4.89. The van der Waals surface area contributed by atoms with Gasteiger partial charge in [0.05, 0.1) is 0 Å². The Morgan fingerprint density at radius 2 is 2.39 bits per heavy atom. The molecule has 18 heavy (non-hydrogen) atoms. The number of thioether (sulfide) groups is 1. The molecule has 1 N–H and O–H groups in total. The number of pyridine rings is 1. The number of hydrogen-bond acceptors (Lipinski definition) is 3. The van der Waals surface area contributed by atoms with E-state index in [4.69, 9.17) is 0 Å². The van der Waals surface area contributed by atoms with Crippen LogP contribution in [0.1, 0.15) is 43.9 Å². The predicted octanol–water partition coefficient (Wildman–Crippen LogP) is 3.23. The molecule has 2 rings (SSSR count). The van der Waals surface area contributed by atoms with Gasteiger partial charge in [-0.2, -0.15) is 11.8 Å². The average Bonchev–Trinajstić information content (AvgIpc) is 2.82. The van der Waals surface area contributed by atoms with Crippen LogP contribution in [0.3, 0.4) is 0 Å². The second-order valence-corrected chi connectivity index (χ2v) is 6.08. The molecule has 3 heteroatoms. The van der Waals surface area contributed by atoms with Crippen molar-refractivity contribution in [3.05, 3.63) is 29.6 Å². The van der Waals surface area contributed by atoms with Crippen LogP contribution in [0.2, 0.25) is 0 Å². The van der Waals surface area contributed by atoms with Gasteiger partial charge in [0, 0.05) is 29.6 Å². The Balaban J connectivity index is 2.03. The van der Waals surface area contributed by atoms with Gasteiger partial charge in [0.25, 0.3) is 0 Å². The van der Waals surface area contributed by atoms with E-state index in [0.29, 0.717) is 12.0 Å². The Morgan fingerprint density at radius 1 is 1.50 bits per heavy atom. The number of hydrogen-bond donors (Lipinski definition) is 1. The van der Waals surface area contributed by atoms with Crippen LogP contribution < -0.4 is 5.32 Å². The molecule has 0 saturated carbocycles. The molecule has 0 amide bonds. The fourth-order valence-electron chi connectivity index (χ4n) is 2.77. The Hall–Kier alpha value is -0.540. The van der Waals surface area contributed by atoms with Crippen LogP contribution in [0.5, 0.6) is 0 Å². The molecule has 1 aromatic heterocycles. The van der Waals surface area contributed by atoms with E-state index in [9.17, 15) is 0 Å². The molecule has 0 fully saturated rings. The van der Waals surface area contributed by atoms with E-state index < -0.39 is 0 Å². The van der Waals surface area contributed by atoms with Crippen molar-refractivity contribution in [3.63, 3.8) is 0 Å². The summed E-state index contributed by atoms with van der Waals surface area (Å²) in [5.74, 6) is 3.09. The number of fused-ring (bicyclic) bond motifs is 1. The quantitative estimate of drug-likeness (QED) is 0.765. The Kier molecular flexibility index (Phi) is 5.51. The zero-order valence-corrected chi connectivity index (χ0v) is 12.3. The second kappa shape index (κ2) is 7.15. The SMILES string of the molecule is CCCSCC(NCC)C1CCc2cccnc21. The number of nitrogens with zero attached hydrogens (tertiary/aromatic N) is 1. The van der Waals surface area contributed by atoms with Gasteiger partial charge in [-0.15, -0.1) is 0 Å². The first-order valence-electron chi connectivity index (χ1n) is 7.11. The highest BCUT2D eigenvalue weighted by atomic mass is 32.2. The van der Waals surface area contributed by atoms with Crippen LogP contribution in [-0.2, 0) is 6.42 Å². The molecule has 1 aliphatic rings. The molecule has 0 aromatic carbocycles. The van der Waals surface area contributed by atoms with E-state index in [-0.39, 0.29) is 0 Å². The minimum Gasteiger partial charge on any atom is -0.313 e. The zero-order chi connectivity index (χ0) is 12.8. The molecular weight excluding hydrogens is 240 g/mol. The summed E-state index contributed by atoms with van der Waals surface area (Å²) in [6.07, 6.45) is 5.67. The largest absolute Gasteiger partial charge is 0.313 e. The van der Waals surface area contributed by atoms with Crippen molar-refractivity contribution in [2.75, 3.05) is 18.1 Å². The smallest absolute Gasteiger partial charge is 0.0482 e. The summed E-state index contributed by atoms with van der Waals surface area (Å²) in [5.41, 5.74) is 2.81. The van der Waals surface area contributed by atoms with Crippen molar-refractivity contribution in [2.24, 2.45) is 0 Å². The third-order valence-electron chi connectivity index (χ3n) is 3.60. The molecule has 1 heterocycles. The normalized spacial score (nSPS) is 19.8. The van der Waals surface area contributed by atoms with Crippen molar-refractivity contribution >= 4 is 11.8 Å². The van der Waals surface area contributed by atoms with E-state index in [1.807, 2.05) is 6.20 Å². The van der Waals surface area contributed by atoms with Crippen molar-refractivity contribution in [3.8, 4) is 0 Å². The Labute approximate surface area is 115 Å². The minimum atomic E-state index is 0.586. The van der Waals surface area contributed by atoms with Gasteiger partial charge in [-0.05, 0) is 43.2 Å². The summed E-state index contributed by atoms with van der Waals surface area (Å²) < 4.78 is 0. The van der Waals surface area contributed by atoms with Gasteiger partial charge in [0.2, 0.25) is 0 Å². The van der Waals surface area contributed by atoms with Crippen LogP contribution in [0.15, 0.2) is 18.3 Å². The lowest BCUT2D eigenvalue weighted by Crippen LogP contribution is -2.36. The highest BCUT2D eigenvalue weighted by Gasteiger charge is 2.30. The van der Waals surface area contributed by atoms with Gasteiger partial charge in [-0.25, -0.2) is 0 Å². The van der Waals surface area contributed by atoms with Gasteiger partial charge in [-0.3, -0.25) is 4.98 Å². The molecule has 2 atom stereocenters. The van der Waals surface area contributed by atoms with E-state index in [2.05, 4.69) is 48.0 Å². The van der Waals surface area contributed by atoms with Crippen LogP contribution in [-0.4, -0.2) is 29.1 Å². The lowest BCUT2D eigenvalue weighted by molar-refractivity contribution is 0.468. The van der Waals surface area contributed by atoms with Crippen LogP contribution >= 0.6 is 11.8 Å². The van der Waals surface area contributed by atoms with E-state index in [1.54, 1.807) is 0 Å². The summed E-state index contributed by atoms with van der Waals surface area (Å²) in [5, 5.41) is 3.66. The molecule has 2 unspecified atom stereocenters. The fraction of sp³-hybridized carbons (Fsp3) is 0.667. The standard InChI is InChI=1S/C15H24N2S/c1-3-10-18-11-14(16-4-2)13-8-7-12-6-5-9-17-15(12)13/h5-6,9,13-14,16H,3-4,7-8,10-11H2,1-2H3. The van der Waals surface area contributed by atoms with E-state index >= 15 is 0 Å². The maximum Gasteiger partial charge on any atom is 0.0482 e. The van der Waals surface area contributed by atoms with Gasteiger partial charge in [0.1, 0.15) is 0 Å². The third kappa shape index (κ3) is 3.27. The first kappa shape index (κ1) is 13.9. The number of nitrogens with one attached hydrogen (secondary N) is 1. The van der Waals surface area contributed by atoms with E-state index in [0.717, 1.165) is 6.54 Å². The number of likely N-dealkylation sites (N-methyl/N-ethyl adjacent to an activating group) is 1. The number of rotatable bonds is 7. The van der Waals surface area contributed by atoms with Crippen LogP contribution in [0, 0.1) is 0 Å². The molecule has 0 aliphatic heterocycles.